The maximum atomic E-state index is 12.7. The maximum absolute atomic E-state index is 12.7. The van der Waals surface area contributed by atoms with Crippen molar-refractivity contribution in [2.45, 2.75) is 32.8 Å². The third kappa shape index (κ3) is 3.35. The van der Waals surface area contributed by atoms with Crippen molar-refractivity contribution in [3.63, 3.8) is 0 Å². The SMILES string of the molecule is CC(C)(C)c1ccc(-c2nc(OC(F)F)c3ccccc3n2)cc1. The van der Waals surface area contributed by atoms with Gasteiger partial charge in [-0.1, -0.05) is 57.2 Å². The van der Waals surface area contributed by atoms with E-state index in [2.05, 4.69) is 35.5 Å². The summed E-state index contributed by atoms with van der Waals surface area (Å²) in [5, 5.41) is 0.466. The molecular weight excluding hydrogens is 310 g/mol. The summed E-state index contributed by atoms with van der Waals surface area (Å²) in [6, 6.07) is 14.8. The van der Waals surface area contributed by atoms with Gasteiger partial charge in [-0.25, -0.2) is 4.98 Å². The molecule has 0 radical (unpaired) electrons. The molecule has 0 spiro atoms. The molecule has 0 saturated heterocycles. The molecule has 0 saturated carbocycles. The first kappa shape index (κ1) is 16.3. The number of fused-ring (bicyclic) bond motifs is 1. The summed E-state index contributed by atoms with van der Waals surface area (Å²) >= 11 is 0. The Kier molecular flexibility index (Phi) is 4.18. The normalized spacial score (nSPS) is 11.9. The van der Waals surface area contributed by atoms with Crippen LogP contribution < -0.4 is 4.74 Å². The lowest BCUT2D eigenvalue weighted by Crippen LogP contribution is -2.10. The van der Waals surface area contributed by atoms with Gasteiger partial charge in [0.25, 0.3) is 0 Å². The second-order valence-corrected chi connectivity index (χ2v) is 6.58. The molecule has 0 aliphatic carbocycles. The first-order chi connectivity index (χ1) is 11.3. The molecule has 3 nitrogen and oxygen atoms in total. The minimum Gasteiger partial charge on any atom is -0.416 e. The highest BCUT2D eigenvalue weighted by molar-refractivity contribution is 5.85. The number of aromatic nitrogens is 2. The molecule has 24 heavy (non-hydrogen) atoms. The highest BCUT2D eigenvalue weighted by atomic mass is 19.3. The lowest BCUT2D eigenvalue weighted by molar-refractivity contribution is -0.0516. The molecule has 0 N–H and O–H groups in total. The van der Waals surface area contributed by atoms with Crippen LogP contribution in [-0.4, -0.2) is 16.6 Å². The molecule has 3 aromatic rings. The van der Waals surface area contributed by atoms with Crippen molar-refractivity contribution in [2.75, 3.05) is 0 Å². The van der Waals surface area contributed by atoms with Gasteiger partial charge >= 0.3 is 6.61 Å². The van der Waals surface area contributed by atoms with Gasteiger partial charge in [-0.15, -0.1) is 0 Å². The van der Waals surface area contributed by atoms with Gasteiger partial charge in [-0.3, -0.25) is 0 Å². The second kappa shape index (κ2) is 6.15. The number of nitrogens with zero attached hydrogens (tertiary/aromatic N) is 2. The standard InChI is InChI=1S/C19H18F2N2O/c1-19(2,3)13-10-8-12(9-11-13)16-22-15-7-5-4-6-14(15)17(23-16)24-18(20)21/h4-11,18H,1-3H3. The first-order valence-corrected chi connectivity index (χ1v) is 7.67. The number of benzene rings is 2. The topological polar surface area (TPSA) is 35.0 Å². The molecular formula is C19H18F2N2O. The molecule has 0 amide bonds. The Labute approximate surface area is 139 Å². The van der Waals surface area contributed by atoms with Crippen molar-refractivity contribution < 1.29 is 13.5 Å². The van der Waals surface area contributed by atoms with Gasteiger partial charge in [0.15, 0.2) is 5.82 Å². The molecule has 0 aliphatic rings. The van der Waals surface area contributed by atoms with Gasteiger partial charge in [0.05, 0.1) is 10.9 Å². The summed E-state index contributed by atoms with van der Waals surface area (Å²) in [5.41, 5.74) is 2.54. The van der Waals surface area contributed by atoms with E-state index in [1.165, 1.54) is 5.56 Å². The Hall–Kier alpha value is -2.56. The molecule has 5 heteroatoms. The molecule has 2 aromatic carbocycles. The van der Waals surface area contributed by atoms with Gasteiger partial charge in [0.1, 0.15) is 0 Å². The van der Waals surface area contributed by atoms with E-state index in [0.717, 1.165) is 5.56 Å². The zero-order chi connectivity index (χ0) is 17.3. The quantitative estimate of drug-likeness (QED) is 0.663. The predicted molar refractivity (Wildman–Crippen MR) is 90.3 cm³/mol. The van der Waals surface area contributed by atoms with Crippen LogP contribution in [0.25, 0.3) is 22.3 Å². The van der Waals surface area contributed by atoms with Crippen LogP contribution in [0.15, 0.2) is 48.5 Å². The third-order valence-electron chi connectivity index (χ3n) is 3.78. The van der Waals surface area contributed by atoms with Crippen LogP contribution >= 0.6 is 0 Å². The van der Waals surface area contributed by atoms with Crippen LogP contribution in [0.4, 0.5) is 8.78 Å². The van der Waals surface area contributed by atoms with E-state index in [1.54, 1.807) is 24.3 Å². The highest BCUT2D eigenvalue weighted by Crippen LogP contribution is 2.29. The lowest BCUT2D eigenvalue weighted by atomic mass is 9.87. The van der Waals surface area contributed by atoms with E-state index in [4.69, 9.17) is 0 Å². The number of para-hydroxylation sites is 1. The fraction of sp³-hybridized carbons (Fsp3) is 0.263. The van der Waals surface area contributed by atoms with Crippen LogP contribution in [0, 0.1) is 0 Å². The number of hydrogen-bond acceptors (Lipinski definition) is 3. The molecule has 1 heterocycles. The van der Waals surface area contributed by atoms with Crippen molar-refractivity contribution in [1.82, 2.24) is 9.97 Å². The lowest BCUT2D eigenvalue weighted by Gasteiger charge is -2.19. The van der Waals surface area contributed by atoms with E-state index in [9.17, 15) is 8.78 Å². The van der Waals surface area contributed by atoms with Gasteiger partial charge in [-0.2, -0.15) is 13.8 Å². The average Bonchev–Trinajstić information content (AvgIpc) is 2.53. The monoisotopic (exact) mass is 328 g/mol. The van der Waals surface area contributed by atoms with Crippen molar-refractivity contribution in [3.05, 3.63) is 54.1 Å². The maximum Gasteiger partial charge on any atom is 0.388 e. The van der Waals surface area contributed by atoms with E-state index >= 15 is 0 Å². The Morgan fingerprint density at radius 2 is 1.58 bits per heavy atom. The fourth-order valence-corrected chi connectivity index (χ4v) is 2.47. The van der Waals surface area contributed by atoms with Crippen molar-refractivity contribution in [3.8, 4) is 17.3 Å². The highest BCUT2D eigenvalue weighted by Gasteiger charge is 2.16. The third-order valence-corrected chi connectivity index (χ3v) is 3.78. The minimum absolute atomic E-state index is 0.0344. The number of ether oxygens (including phenoxy) is 1. The molecule has 0 unspecified atom stereocenters. The fourth-order valence-electron chi connectivity index (χ4n) is 2.47. The summed E-state index contributed by atoms with van der Waals surface area (Å²) in [4.78, 5) is 8.66. The Morgan fingerprint density at radius 3 is 2.21 bits per heavy atom. The zero-order valence-corrected chi connectivity index (χ0v) is 13.8. The number of halogens is 2. The molecule has 124 valence electrons. The number of hydrogen-bond donors (Lipinski definition) is 0. The van der Waals surface area contributed by atoms with Crippen LogP contribution in [-0.2, 0) is 5.41 Å². The molecule has 0 atom stereocenters. The van der Waals surface area contributed by atoms with E-state index in [1.807, 2.05) is 24.3 Å². The smallest absolute Gasteiger partial charge is 0.388 e. The van der Waals surface area contributed by atoms with Crippen molar-refractivity contribution >= 4 is 10.9 Å². The van der Waals surface area contributed by atoms with Gasteiger partial charge in [0, 0.05) is 5.56 Å². The van der Waals surface area contributed by atoms with Crippen molar-refractivity contribution in [1.29, 1.82) is 0 Å². The Morgan fingerprint density at radius 1 is 0.917 bits per heavy atom. The summed E-state index contributed by atoms with van der Waals surface area (Å²) < 4.78 is 30.0. The van der Waals surface area contributed by atoms with Crippen LogP contribution in [0.5, 0.6) is 5.88 Å². The molecule has 0 bridgehead atoms. The van der Waals surface area contributed by atoms with E-state index in [0.29, 0.717) is 16.7 Å². The van der Waals surface area contributed by atoms with E-state index in [-0.39, 0.29) is 11.3 Å². The summed E-state index contributed by atoms with van der Waals surface area (Å²) in [6.07, 6.45) is 0. The average molecular weight is 328 g/mol. The predicted octanol–water partition coefficient (Wildman–Crippen LogP) is 5.20. The summed E-state index contributed by atoms with van der Waals surface area (Å²) in [6.45, 7) is 3.45. The first-order valence-electron chi connectivity index (χ1n) is 7.67. The van der Waals surface area contributed by atoms with Crippen LogP contribution in [0.3, 0.4) is 0 Å². The molecule has 1 aromatic heterocycles. The van der Waals surface area contributed by atoms with Crippen molar-refractivity contribution in [2.24, 2.45) is 0 Å². The Balaban J connectivity index is 2.09. The second-order valence-electron chi connectivity index (χ2n) is 6.58. The summed E-state index contributed by atoms with van der Waals surface area (Å²) in [7, 11) is 0. The van der Waals surface area contributed by atoms with Gasteiger partial charge < -0.3 is 4.74 Å². The summed E-state index contributed by atoms with van der Waals surface area (Å²) in [5.74, 6) is 0.260. The largest absolute Gasteiger partial charge is 0.416 e. The minimum atomic E-state index is -2.93. The molecule has 0 fully saturated rings. The van der Waals surface area contributed by atoms with Gasteiger partial charge in [-0.05, 0) is 23.1 Å². The zero-order valence-electron chi connectivity index (χ0n) is 13.8. The number of rotatable bonds is 3. The molecule has 3 rings (SSSR count). The number of alkyl halides is 2. The van der Waals surface area contributed by atoms with Crippen LogP contribution in [0.2, 0.25) is 0 Å². The van der Waals surface area contributed by atoms with E-state index < -0.39 is 6.61 Å². The Bertz CT molecular complexity index is 855. The van der Waals surface area contributed by atoms with Gasteiger partial charge in [0.2, 0.25) is 5.88 Å². The van der Waals surface area contributed by atoms with Crippen LogP contribution in [0.1, 0.15) is 26.3 Å². The molecule has 0 aliphatic heterocycles.